The van der Waals surface area contributed by atoms with Gasteiger partial charge in [0.15, 0.2) is 0 Å². The van der Waals surface area contributed by atoms with E-state index in [0.717, 1.165) is 18.5 Å². The monoisotopic (exact) mass is 290 g/mol. The minimum Gasteiger partial charge on any atom is -0.348 e. The first-order chi connectivity index (χ1) is 9.83. The lowest BCUT2D eigenvalue weighted by Gasteiger charge is -2.29. The van der Waals surface area contributed by atoms with Crippen LogP contribution in [0.15, 0.2) is 6.07 Å². The van der Waals surface area contributed by atoms with E-state index in [4.69, 9.17) is 0 Å². The van der Waals surface area contributed by atoms with Gasteiger partial charge in [-0.15, -0.1) is 0 Å². The van der Waals surface area contributed by atoms with Crippen LogP contribution in [-0.4, -0.2) is 33.8 Å². The number of hydrogen-bond donors (Lipinski definition) is 2. The van der Waals surface area contributed by atoms with Crippen LogP contribution < -0.4 is 10.6 Å². The predicted octanol–water partition coefficient (Wildman–Crippen LogP) is 1.73. The molecule has 0 radical (unpaired) electrons. The number of aromatic nitrogens is 2. The van der Waals surface area contributed by atoms with E-state index < -0.39 is 0 Å². The molecule has 0 aromatic carbocycles. The fourth-order valence-corrected chi connectivity index (χ4v) is 3.48. The van der Waals surface area contributed by atoms with Gasteiger partial charge in [-0.05, 0) is 31.7 Å². The van der Waals surface area contributed by atoms with Crippen LogP contribution in [0.2, 0.25) is 0 Å². The van der Waals surface area contributed by atoms with Crippen molar-refractivity contribution >= 4 is 5.91 Å². The maximum Gasteiger partial charge on any atom is 0.269 e. The Morgan fingerprint density at radius 1 is 1.33 bits per heavy atom. The lowest BCUT2D eigenvalue weighted by molar-refractivity contribution is 0.0914. The molecule has 1 aromatic rings. The van der Waals surface area contributed by atoms with Crippen molar-refractivity contribution in [1.82, 2.24) is 20.4 Å². The Kier molecular flexibility index (Phi) is 3.56. The Bertz CT molecular complexity index is 531. The third kappa shape index (κ3) is 2.98. The zero-order valence-electron chi connectivity index (χ0n) is 13.4. The van der Waals surface area contributed by atoms with Gasteiger partial charge in [0.25, 0.3) is 5.91 Å². The highest BCUT2D eigenvalue weighted by Crippen LogP contribution is 2.27. The average molecular weight is 290 g/mol. The van der Waals surface area contributed by atoms with Gasteiger partial charge in [-0.25, -0.2) is 0 Å². The van der Waals surface area contributed by atoms with Crippen LogP contribution in [0, 0.1) is 0 Å². The topological polar surface area (TPSA) is 59.0 Å². The summed E-state index contributed by atoms with van der Waals surface area (Å²) in [5.74, 6) is 0.00630. The van der Waals surface area contributed by atoms with E-state index in [1.54, 1.807) is 4.68 Å². The quantitative estimate of drug-likeness (QED) is 0.872. The Hall–Kier alpha value is -1.36. The van der Waals surface area contributed by atoms with Crippen LogP contribution in [-0.2, 0) is 12.5 Å². The molecule has 2 N–H and O–H groups in total. The zero-order chi connectivity index (χ0) is 15.2. The first kappa shape index (κ1) is 14.6. The molecule has 5 heteroatoms. The molecule has 0 aliphatic carbocycles. The molecular formula is C16H26N4O. The number of hydrogen-bond acceptors (Lipinski definition) is 3. The van der Waals surface area contributed by atoms with Gasteiger partial charge in [0, 0.05) is 30.6 Å². The minimum atomic E-state index is -0.0375. The first-order valence-corrected chi connectivity index (χ1v) is 7.94. The number of carbonyl (C=O) groups is 1. The molecule has 2 unspecified atom stereocenters. The van der Waals surface area contributed by atoms with E-state index in [9.17, 15) is 4.79 Å². The Balaban J connectivity index is 1.69. The second kappa shape index (κ2) is 5.13. The molecule has 5 nitrogen and oxygen atoms in total. The number of carbonyl (C=O) groups excluding carboxylic acids is 1. The summed E-state index contributed by atoms with van der Waals surface area (Å²) < 4.78 is 1.70. The van der Waals surface area contributed by atoms with E-state index >= 15 is 0 Å². The van der Waals surface area contributed by atoms with Crippen molar-refractivity contribution in [3.63, 3.8) is 0 Å². The molecule has 2 saturated heterocycles. The van der Waals surface area contributed by atoms with E-state index in [2.05, 4.69) is 36.5 Å². The highest BCUT2D eigenvalue weighted by Gasteiger charge is 2.34. The Labute approximate surface area is 126 Å². The van der Waals surface area contributed by atoms with Crippen LogP contribution in [0.4, 0.5) is 0 Å². The van der Waals surface area contributed by atoms with Crippen molar-refractivity contribution in [1.29, 1.82) is 0 Å². The van der Waals surface area contributed by atoms with E-state index in [1.165, 1.54) is 12.8 Å². The fraction of sp³-hybridized carbons (Fsp3) is 0.750. The largest absolute Gasteiger partial charge is 0.348 e. The maximum atomic E-state index is 12.5. The zero-order valence-corrected chi connectivity index (χ0v) is 13.4. The molecule has 1 amide bonds. The van der Waals surface area contributed by atoms with Crippen molar-refractivity contribution in [2.45, 2.75) is 70.0 Å². The van der Waals surface area contributed by atoms with Crippen molar-refractivity contribution < 1.29 is 4.79 Å². The second-order valence-corrected chi connectivity index (χ2v) is 7.57. The highest BCUT2D eigenvalue weighted by atomic mass is 16.2. The molecule has 116 valence electrons. The lowest BCUT2D eigenvalue weighted by Crippen LogP contribution is -2.48. The summed E-state index contributed by atoms with van der Waals surface area (Å²) in [6.45, 7) is 6.34. The third-order valence-corrected chi connectivity index (χ3v) is 4.69. The molecule has 2 atom stereocenters. The normalized spacial score (nSPS) is 28.7. The lowest BCUT2D eigenvalue weighted by atomic mass is 9.92. The van der Waals surface area contributed by atoms with Crippen molar-refractivity contribution in [3.05, 3.63) is 17.5 Å². The minimum absolute atomic E-state index is 0.00630. The van der Waals surface area contributed by atoms with Crippen LogP contribution in [0.1, 0.15) is 62.6 Å². The molecule has 2 aliphatic rings. The summed E-state index contributed by atoms with van der Waals surface area (Å²) >= 11 is 0. The summed E-state index contributed by atoms with van der Waals surface area (Å²) in [5.41, 5.74) is 1.58. The molecule has 0 saturated carbocycles. The Morgan fingerprint density at radius 3 is 2.48 bits per heavy atom. The average Bonchev–Trinajstić information content (AvgIpc) is 2.92. The number of aryl methyl sites for hydroxylation is 1. The first-order valence-electron chi connectivity index (χ1n) is 7.94. The molecule has 0 spiro atoms. The number of nitrogens with one attached hydrogen (secondary N) is 2. The number of amides is 1. The van der Waals surface area contributed by atoms with Crippen LogP contribution >= 0.6 is 0 Å². The molecule has 21 heavy (non-hydrogen) atoms. The smallest absolute Gasteiger partial charge is 0.269 e. The highest BCUT2D eigenvalue weighted by molar-refractivity contribution is 5.92. The van der Waals surface area contributed by atoms with Crippen molar-refractivity contribution in [2.75, 3.05) is 0 Å². The van der Waals surface area contributed by atoms with Crippen LogP contribution in [0.5, 0.6) is 0 Å². The third-order valence-electron chi connectivity index (χ3n) is 4.69. The number of fused-ring (bicyclic) bond motifs is 2. The standard InChI is InChI=1S/C16H26N4O/c1-16(2,3)14-9-13(20(4)19-14)15(21)18-12-7-10-5-6-11(8-12)17-10/h9-12,17H,5-8H2,1-4H3,(H,18,21). The second-order valence-electron chi connectivity index (χ2n) is 7.57. The number of piperidine rings is 1. The molecule has 3 heterocycles. The molecule has 3 rings (SSSR count). The fourth-order valence-electron chi connectivity index (χ4n) is 3.48. The van der Waals surface area contributed by atoms with Crippen molar-refractivity contribution in [3.8, 4) is 0 Å². The van der Waals surface area contributed by atoms with E-state index in [1.807, 2.05) is 13.1 Å². The van der Waals surface area contributed by atoms with Crippen LogP contribution in [0.3, 0.4) is 0 Å². The van der Waals surface area contributed by atoms with Gasteiger partial charge >= 0.3 is 0 Å². The van der Waals surface area contributed by atoms with E-state index in [-0.39, 0.29) is 11.3 Å². The van der Waals surface area contributed by atoms with Gasteiger partial charge in [-0.2, -0.15) is 5.10 Å². The van der Waals surface area contributed by atoms with Gasteiger partial charge in [0.2, 0.25) is 0 Å². The SMILES string of the molecule is Cn1nc(C(C)(C)C)cc1C(=O)NC1CC2CCC(C1)N2. The van der Waals surface area contributed by atoms with Gasteiger partial charge in [0.1, 0.15) is 5.69 Å². The molecule has 2 bridgehead atoms. The maximum absolute atomic E-state index is 12.5. The van der Waals surface area contributed by atoms with E-state index in [0.29, 0.717) is 23.8 Å². The van der Waals surface area contributed by atoms with Gasteiger partial charge in [-0.1, -0.05) is 20.8 Å². The predicted molar refractivity (Wildman–Crippen MR) is 82.3 cm³/mol. The molecule has 2 aliphatic heterocycles. The van der Waals surface area contributed by atoms with Gasteiger partial charge in [0.05, 0.1) is 5.69 Å². The number of rotatable bonds is 2. The summed E-state index contributed by atoms with van der Waals surface area (Å²) in [4.78, 5) is 12.5. The molecule has 1 aromatic heterocycles. The number of nitrogens with zero attached hydrogens (tertiary/aromatic N) is 2. The molecular weight excluding hydrogens is 264 g/mol. The van der Waals surface area contributed by atoms with Gasteiger partial charge < -0.3 is 10.6 Å². The van der Waals surface area contributed by atoms with Crippen molar-refractivity contribution in [2.24, 2.45) is 7.05 Å². The van der Waals surface area contributed by atoms with Crippen LogP contribution in [0.25, 0.3) is 0 Å². The summed E-state index contributed by atoms with van der Waals surface area (Å²) in [7, 11) is 1.84. The Morgan fingerprint density at radius 2 is 1.95 bits per heavy atom. The van der Waals surface area contributed by atoms with Gasteiger partial charge in [-0.3, -0.25) is 9.48 Å². The summed E-state index contributed by atoms with van der Waals surface area (Å²) in [6.07, 6.45) is 4.59. The summed E-state index contributed by atoms with van der Waals surface area (Å²) in [6, 6.07) is 3.39. The summed E-state index contributed by atoms with van der Waals surface area (Å²) in [5, 5.41) is 11.3. The molecule has 2 fully saturated rings.